The average molecular weight is 292 g/mol. The maximum atomic E-state index is 6.01. The fourth-order valence-electron chi connectivity index (χ4n) is 3.62. The number of nitrogens with zero attached hydrogens (tertiary/aromatic N) is 1. The van der Waals surface area contributed by atoms with Crippen LogP contribution in [0.4, 0.5) is 0 Å². The Labute approximate surface area is 125 Å². The first kappa shape index (κ1) is 13.2. The molecule has 0 spiro atoms. The van der Waals surface area contributed by atoms with E-state index in [-0.39, 0.29) is 0 Å². The van der Waals surface area contributed by atoms with Gasteiger partial charge in [0, 0.05) is 23.3 Å². The third kappa shape index (κ3) is 2.42. The van der Waals surface area contributed by atoms with E-state index < -0.39 is 0 Å². The Balaban J connectivity index is 1.53. The van der Waals surface area contributed by atoms with Crippen LogP contribution in [-0.4, -0.2) is 23.7 Å². The number of hydrogen-bond donors (Lipinski definition) is 1. The first-order valence-electron chi connectivity index (χ1n) is 8.20. The van der Waals surface area contributed by atoms with Gasteiger partial charge in [-0.25, -0.2) is 4.98 Å². The molecule has 0 aromatic carbocycles. The molecule has 3 unspecified atom stereocenters. The summed E-state index contributed by atoms with van der Waals surface area (Å²) in [6.45, 7) is 4.34. The molecule has 2 bridgehead atoms. The lowest BCUT2D eigenvalue weighted by Crippen LogP contribution is -2.14. The second-order valence-corrected chi connectivity index (χ2v) is 7.64. The van der Waals surface area contributed by atoms with Crippen LogP contribution in [0.1, 0.15) is 72.9 Å². The zero-order chi connectivity index (χ0) is 13.5. The van der Waals surface area contributed by atoms with Gasteiger partial charge >= 0.3 is 0 Å². The third-order valence-electron chi connectivity index (χ3n) is 4.84. The van der Waals surface area contributed by atoms with E-state index in [1.807, 2.05) is 11.3 Å². The molecule has 2 aliphatic heterocycles. The van der Waals surface area contributed by atoms with Crippen LogP contribution in [0.5, 0.6) is 0 Å². The van der Waals surface area contributed by atoms with E-state index in [9.17, 15) is 0 Å². The van der Waals surface area contributed by atoms with Gasteiger partial charge in [-0.15, -0.1) is 11.3 Å². The molecular weight excluding hydrogens is 268 g/mol. The van der Waals surface area contributed by atoms with Crippen molar-refractivity contribution in [1.82, 2.24) is 10.3 Å². The lowest BCUT2D eigenvalue weighted by Gasteiger charge is -2.15. The van der Waals surface area contributed by atoms with Crippen molar-refractivity contribution >= 4 is 11.3 Å². The number of rotatable bonds is 6. The van der Waals surface area contributed by atoms with Crippen molar-refractivity contribution in [1.29, 1.82) is 0 Å². The summed E-state index contributed by atoms with van der Waals surface area (Å²) in [4.78, 5) is 6.55. The second kappa shape index (κ2) is 5.39. The number of thiazole rings is 1. The molecular formula is C16H24N2OS. The summed E-state index contributed by atoms with van der Waals surface area (Å²) in [5, 5.41) is 4.92. The summed E-state index contributed by atoms with van der Waals surface area (Å²) in [5.41, 5.74) is 1.41. The molecule has 3 aliphatic rings. The number of nitrogens with one attached hydrogen (secondary N) is 1. The molecule has 3 nitrogen and oxygen atoms in total. The van der Waals surface area contributed by atoms with Crippen LogP contribution >= 0.6 is 11.3 Å². The van der Waals surface area contributed by atoms with Gasteiger partial charge in [-0.3, -0.25) is 0 Å². The molecule has 4 heteroatoms. The van der Waals surface area contributed by atoms with Gasteiger partial charge in [-0.05, 0) is 45.1 Å². The fourth-order valence-corrected chi connectivity index (χ4v) is 4.91. The van der Waals surface area contributed by atoms with Gasteiger partial charge in [0.15, 0.2) is 0 Å². The van der Waals surface area contributed by atoms with E-state index in [2.05, 4.69) is 12.2 Å². The molecule has 3 atom stereocenters. The molecule has 4 rings (SSSR count). The minimum absolute atomic E-state index is 0.467. The van der Waals surface area contributed by atoms with Crippen molar-refractivity contribution < 1.29 is 4.74 Å². The fraction of sp³-hybridized carbons (Fsp3) is 0.812. The van der Waals surface area contributed by atoms with Crippen LogP contribution in [0.2, 0.25) is 0 Å². The molecule has 20 heavy (non-hydrogen) atoms. The average Bonchev–Trinajstić information content (AvgIpc) is 2.90. The Morgan fingerprint density at radius 1 is 1.30 bits per heavy atom. The lowest BCUT2D eigenvalue weighted by atomic mass is 9.90. The number of hydrogen-bond acceptors (Lipinski definition) is 4. The second-order valence-electron chi connectivity index (χ2n) is 6.53. The summed E-state index contributed by atoms with van der Waals surface area (Å²) in [6, 6.07) is 0. The Bertz CT molecular complexity index is 483. The monoisotopic (exact) mass is 292 g/mol. The minimum atomic E-state index is 0.467. The number of aromatic nitrogens is 1. The van der Waals surface area contributed by atoms with Crippen LogP contribution in [0, 0.1) is 0 Å². The van der Waals surface area contributed by atoms with E-state index in [1.165, 1.54) is 54.1 Å². The zero-order valence-corrected chi connectivity index (χ0v) is 13.0. The molecule has 110 valence electrons. The predicted molar refractivity (Wildman–Crippen MR) is 81.3 cm³/mol. The van der Waals surface area contributed by atoms with E-state index in [0.717, 1.165) is 19.0 Å². The number of fused-ring (bicyclic) bond motifs is 2. The van der Waals surface area contributed by atoms with E-state index in [0.29, 0.717) is 18.1 Å². The predicted octanol–water partition coefficient (Wildman–Crippen LogP) is 3.56. The highest BCUT2D eigenvalue weighted by Crippen LogP contribution is 2.48. The topological polar surface area (TPSA) is 34.1 Å². The first-order valence-corrected chi connectivity index (χ1v) is 9.02. The van der Waals surface area contributed by atoms with Gasteiger partial charge in [-0.1, -0.05) is 6.92 Å². The molecule has 1 aliphatic carbocycles. The zero-order valence-electron chi connectivity index (χ0n) is 12.2. The molecule has 0 amide bonds. The third-order valence-corrected chi connectivity index (χ3v) is 6.05. The quantitative estimate of drug-likeness (QED) is 0.814. The molecule has 2 saturated heterocycles. The standard InChI is InChI=1S/C16H24N2OS/c1-2-7-17-9-14-15(10-3-4-10)18-16(20-14)12-8-11-5-6-13(12)19-11/h10-13,17H,2-9H2,1H3. The Hall–Kier alpha value is -0.450. The Morgan fingerprint density at radius 3 is 2.85 bits per heavy atom. The van der Waals surface area contributed by atoms with Gasteiger partial charge in [0.25, 0.3) is 0 Å². The van der Waals surface area contributed by atoms with E-state index >= 15 is 0 Å². The minimum Gasteiger partial charge on any atom is -0.374 e. The maximum Gasteiger partial charge on any atom is 0.0989 e. The van der Waals surface area contributed by atoms with Crippen molar-refractivity contribution in [3.8, 4) is 0 Å². The number of ether oxygens (including phenoxy) is 1. The van der Waals surface area contributed by atoms with Crippen LogP contribution in [0.3, 0.4) is 0 Å². The summed E-state index contributed by atoms with van der Waals surface area (Å²) in [6.07, 6.45) is 8.61. The molecule has 1 N–H and O–H groups in total. The van der Waals surface area contributed by atoms with Gasteiger partial charge < -0.3 is 10.1 Å². The highest BCUT2D eigenvalue weighted by atomic mass is 32.1. The lowest BCUT2D eigenvalue weighted by molar-refractivity contribution is 0.100. The van der Waals surface area contributed by atoms with Gasteiger partial charge in [0.2, 0.25) is 0 Å². The van der Waals surface area contributed by atoms with E-state index in [4.69, 9.17) is 9.72 Å². The maximum absolute atomic E-state index is 6.01. The largest absolute Gasteiger partial charge is 0.374 e. The van der Waals surface area contributed by atoms with Gasteiger partial charge in [-0.2, -0.15) is 0 Å². The normalized spacial score (nSPS) is 32.1. The van der Waals surface area contributed by atoms with Crippen molar-refractivity contribution in [3.63, 3.8) is 0 Å². The summed E-state index contributed by atoms with van der Waals surface area (Å²) >= 11 is 1.96. The Morgan fingerprint density at radius 2 is 2.20 bits per heavy atom. The molecule has 3 fully saturated rings. The first-order chi connectivity index (χ1) is 9.85. The van der Waals surface area contributed by atoms with Gasteiger partial charge in [0.05, 0.1) is 22.9 Å². The van der Waals surface area contributed by atoms with Crippen molar-refractivity contribution in [3.05, 3.63) is 15.6 Å². The van der Waals surface area contributed by atoms with Crippen molar-refractivity contribution in [2.24, 2.45) is 0 Å². The summed E-state index contributed by atoms with van der Waals surface area (Å²) in [7, 11) is 0. The van der Waals surface area contributed by atoms with Crippen LogP contribution in [0.15, 0.2) is 0 Å². The van der Waals surface area contributed by atoms with Crippen LogP contribution in [0.25, 0.3) is 0 Å². The molecule has 3 heterocycles. The van der Waals surface area contributed by atoms with Crippen molar-refractivity contribution in [2.45, 2.75) is 76.0 Å². The van der Waals surface area contributed by atoms with Crippen LogP contribution in [-0.2, 0) is 11.3 Å². The van der Waals surface area contributed by atoms with E-state index in [1.54, 1.807) is 0 Å². The molecule has 1 saturated carbocycles. The van der Waals surface area contributed by atoms with Gasteiger partial charge in [0.1, 0.15) is 0 Å². The molecule has 0 radical (unpaired) electrons. The van der Waals surface area contributed by atoms with Crippen LogP contribution < -0.4 is 5.32 Å². The highest BCUT2D eigenvalue weighted by molar-refractivity contribution is 7.11. The molecule has 1 aromatic heterocycles. The SMILES string of the molecule is CCCNCc1sc(C2CC3CCC2O3)nc1C1CC1. The Kier molecular flexibility index (Phi) is 3.57. The molecule has 1 aromatic rings. The smallest absolute Gasteiger partial charge is 0.0989 e. The summed E-state index contributed by atoms with van der Waals surface area (Å²) < 4.78 is 6.01. The van der Waals surface area contributed by atoms with Crippen molar-refractivity contribution in [2.75, 3.05) is 6.54 Å². The summed E-state index contributed by atoms with van der Waals surface area (Å²) in [5.74, 6) is 1.36. The highest BCUT2D eigenvalue weighted by Gasteiger charge is 2.43.